The van der Waals surface area contributed by atoms with E-state index in [1.807, 2.05) is 6.07 Å². The van der Waals surface area contributed by atoms with E-state index < -0.39 is 6.43 Å². The van der Waals surface area contributed by atoms with Crippen molar-refractivity contribution in [3.63, 3.8) is 0 Å². The van der Waals surface area contributed by atoms with Crippen LogP contribution in [0.3, 0.4) is 0 Å². The molecule has 0 bridgehead atoms. The number of carbonyl (C=O) groups excluding carboxylic acids is 1. The van der Waals surface area contributed by atoms with Gasteiger partial charge in [0, 0.05) is 47.8 Å². The van der Waals surface area contributed by atoms with Crippen molar-refractivity contribution in [3.8, 4) is 0 Å². The van der Waals surface area contributed by atoms with Crippen LogP contribution in [0.1, 0.15) is 60.3 Å². The van der Waals surface area contributed by atoms with Gasteiger partial charge in [0.15, 0.2) is 0 Å². The number of nitrogens with one attached hydrogen (secondary N) is 1. The standard InChI is InChI=1S/C23H32F2N2O2S/c24-20(25)13-19-12-17-4-9-29-23(21(17)30-19)5-7-27(8-6-23)14-15-10-18(11-15)26-22(28)16-2-1-3-16/h12,15-16,18,20H,1-11,13-14H2,(H,26,28). The van der Waals surface area contributed by atoms with Gasteiger partial charge >= 0.3 is 0 Å². The average molecular weight is 439 g/mol. The molecule has 2 aliphatic heterocycles. The van der Waals surface area contributed by atoms with Gasteiger partial charge in [-0.05, 0) is 62.5 Å². The van der Waals surface area contributed by atoms with E-state index in [-0.39, 0.29) is 23.8 Å². The topological polar surface area (TPSA) is 41.6 Å². The minimum atomic E-state index is -2.28. The van der Waals surface area contributed by atoms with Crippen LogP contribution in [0, 0.1) is 11.8 Å². The van der Waals surface area contributed by atoms with Crippen LogP contribution in [0.5, 0.6) is 0 Å². The molecule has 3 fully saturated rings. The van der Waals surface area contributed by atoms with Crippen LogP contribution in [0.25, 0.3) is 0 Å². The summed E-state index contributed by atoms with van der Waals surface area (Å²) < 4.78 is 32.0. The van der Waals surface area contributed by atoms with Crippen molar-refractivity contribution in [2.24, 2.45) is 11.8 Å². The molecule has 1 amide bonds. The van der Waals surface area contributed by atoms with E-state index in [0.29, 0.717) is 18.6 Å². The molecule has 4 nitrogen and oxygen atoms in total. The fourth-order valence-electron chi connectivity index (χ4n) is 5.56. The Morgan fingerprint density at radius 2 is 2.07 bits per heavy atom. The van der Waals surface area contributed by atoms with Crippen LogP contribution in [-0.2, 0) is 28.0 Å². The zero-order valence-electron chi connectivity index (χ0n) is 17.5. The van der Waals surface area contributed by atoms with Crippen molar-refractivity contribution < 1.29 is 18.3 Å². The number of likely N-dealkylation sites (tertiary alicyclic amines) is 1. The summed E-state index contributed by atoms with van der Waals surface area (Å²) in [6.07, 6.45) is 5.85. The van der Waals surface area contributed by atoms with Crippen molar-refractivity contribution in [2.45, 2.75) is 75.9 Å². The smallest absolute Gasteiger partial charge is 0.243 e. The highest BCUT2D eigenvalue weighted by Gasteiger charge is 2.43. The molecule has 0 unspecified atom stereocenters. The van der Waals surface area contributed by atoms with E-state index in [2.05, 4.69) is 10.2 Å². The number of hydrogen-bond donors (Lipinski definition) is 1. The molecular formula is C23H32F2N2O2S. The number of piperidine rings is 1. The molecule has 0 aromatic carbocycles. The van der Waals surface area contributed by atoms with Gasteiger partial charge in [-0.1, -0.05) is 6.42 Å². The molecule has 0 atom stereocenters. The third kappa shape index (κ3) is 4.17. The van der Waals surface area contributed by atoms with Crippen molar-refractivity contribution in [1.82, 2.24) is 10.2 Å². The van der Waals surface area contributed by atoms with Crippen molar-refractivity contribution in [1.29, 1.82) is 0 Å². The van der Waals surface area contributed by atoms with E-state index in [1.54, 1.807) is 11.3 Å². The van der Waals surface area contributed by atoms with E-state index in [9.17, 15) is 13.6 Å². The molecule has 1 saturated heterocycles. The molecule has 5 rings (SSSR count). The molecule has 3 heterocycles. The van der Waals surface area contributed by atoms with Crippen LogP contribution < -0.4 is 5.32 Å². The Balaban J connectivity index is 1.11. The fraction of sp³-hybridized carbons (Fsp3) is 0.783. The lowest BCUT2D eigenvalue weighted by atomic mass is 9.78. The molecule has 1 spiro atoms. The average Bonchev–Trinajstić information content (AvgIpc) is 3.03. The Hall–Kier alpha value is -1.05. The van der Waals surface area contributed by atoms with Gasteiger partial charge in [-0.2, -0.15) is 0 Å². The monoisotopic (exact) mass is 438 g/mol. The molecule has 1 aromatic heterocycles. The van der Waals surface area contributed by atoms with E-state index in [1.165, 1.54) is 16.9 Å². The summed E-state index contributed by atoms with van der Waals surface area (Å²) in [7, 11) is 0. The number of fused-ring (bicyclic) bond motifs is 2. The third-order valence-electron chi connectivity index (χ3n) is 7.62. The van der Waals surface area contributed by atoms with Crippen LogP contribution >= 0.6 is 11.3 Å². The molecular weight excluding hydrogens is 406 g/mol. The van der Waals surface area contributed by atoms with Gasteiger partial charge in [-0.15, -0.1) is 11.3 Å². The Bertz CT molecular complexity index is 765. The number of rotatable bonds is 6. The van der Waals surface area contributed by atoms with Crippen LogP contribution in [0.15, 0.2) is 6.07 Å². The third-order valence-corrected chi connectivity index (χ3v) is 9.00. The minimum Gasteiger partial charge on any atom is -0.369 e. The van der Waals surface area contributed by atoms with E-state index in [0.717, 1.165) is 69.5 Å². The largest absolute Gasteiger partial charge is 0.369 e. The number of hydrogen-bond acceptors (Lipinski definition) is 4. The maximum Gasteiger partial charge on any atom is 0.243 e. The zero-order chi connectivity index (χ0) is 20.7. The summed E-state index contributed by atoms with van der Waals surface area (Å²) in [4.78, 5) is 16.6. The first kappa shape index (κ1) is 20.8. The van der Waals surface area contributed by atoms with Crippen LogP contribution in [0.2, 0.25) is 0 Å². The first-order valence-electron chi connectivity index (χ1n) is 11.6. The summed E-state index contributed by atoms with van der Waals surface area (Å²) in [5.74, 6) is 1.23. The highest BCUT2D eigenvalue weighted by molar-refractivity contribution is 7.12. The van der Waals surface area contributed by atoms with Gasteiger partial charge in [0.2, 0.25) is 12.3 Å². The predicted molar refractivity (Wildman–Crippen MR) is 113 cm³/mol. The van der Waals surface area contributed by atoms with Gasteiger partial charge in [-0.3, -0.25) is 4.79 Å². The number of alkyl halides is 2. The first-order valence-corrected chi connectivity index (χ1v) is 12.4. The molecule has 4 aliphatic rings. The molecule has 7 heteroatoms. The van der Waals surface area contributed by atoms with Gasteiger partial charge in [0.05, 0.1) is 6.61 Å². The number of thiophene rings is 1. The SMILES string of the molecule is O=C(NC1CC(CN2CCC3(CC2)OCCc2cc(CC(F)F)sc23)C1)C1CCC1. The van der Waals surface area contributed by atoms with Gasteiger partial charge in [-0.25, -0.2) is 8.78 Å². The minimum absolute atomic E-state index is 0.139. The predicted octanol–water partition coefficient (Wildman–Crippen LogP) is 4.11. The van der Waals surface area contributed by atoms with Crippen LogP contribution in [0.4, 0.5) is 8.78 Å². The maximum absolute atomic E-state index is 12.8. The molecule has 2 aliphatic carbocycles. The fourth-order valence-corrected chi connectivity index (χ4v) is 6.97. The van der Waals surface area contributed by atoms with Crippen molar-refractivity contribution in [2.75, 3.05) is 26.2 Å². The van der Waals surface area contributed by atoms with Crippen molar-refractivity contribution >= 4 is 17.2 Å². The molecule has 1 N–H and O–H groups in total. The summed E-state index contributed by atoms with van der Waals surface area (Å²) in [6.45, 7) is 3.79. The quantitative estimate of drug-likeness (QED) is 0.727. The number of halogens is 2. The second kappa shape index (κ2) is 8.47. The lowest BCUT2D eigenvalue weighted by molar-refractivity contribution is -0.129. The summed E-state index contributed by atoms with van der Waals surface area (Å²) >= 11 is 1.55. The maximum atomic E-state index is 12.8. The van der Waals surface area contributed by atoms with Gasteiger partial charge in [0.25, 0.3) is 0 Å². The number of amides is 1. The molecule has 1 aromatic rings. The van der Waals surface area contributed by atoms with E-state index in [4.69, 9.17) is 4.74 Å². The Morgan fingerprint density at radius 1 is 1.30 bits per heavy atom. The Kier molecular flexibility index (Phi) is 5.88. The Morgan fingerprint density at radius 3 is 2.73 bits per heavy atom. The normalized spacial score (nSPS) is 28.8. The van der Waals surface area contributed by atoms with Crippen LogP contribution in [-0.4, -0.2) is 49.5 Å². The number of carbonyl (C=O) groups is 1. The second-order valence-electron chi connectivity index (χ2n) is 9.73. The highest BCUT2D eigenvalue weighted by Crippen LogP contribution is 2.46. The second-order valence-corrected chi connectivity index (χ2v) is 10.9. The molecule has 166 valence electrons. The van der Waals surface area contributed by atoms with E-state index >= 15 is 0 Å². The zero-order valence-corrected chi connectivity index (χ0v) is 18.3. The van der Waals surface area contributed by atoms with Gasteiger partial charge in [0.1, 0.15) is 5.60 Å². The molecule has 30 heavy (non-hydrogen) atoms. The lowest BCUT2D eigenvalue weighted by Gasteiger charge is -2.46. The highest BCUT2D eigenvalue weighted by atomic mass is 32.1. The molecule has 0 radical (unpaired) electrons. The Labute approximate surface area is 181 Å². The summed E-state index contributed by atoms with van der Waals surface area (Å²) in [5, 5.41) is 3.23. The molecule has 2 saturated carbocycles. The van der Waals surface area contributed by atoms with Gasteiger partial charge < -0.3 is 15.0 Å². The number of nitrogens with zero attached hydrogens (tertiary/aromatic N) is 1. The first-order chi connectivity index (χ1) is 14.5. The van der Waals surface area contributed by atoms with Crippen molar-refractivity contribution in [3.05, 3.63) is 21.4 Å². The summed E-state index contributed by atoms with van der Waals surface area (Å²) in [5.41, 5.74) is 0.980. The lowest BCUT2D eigenvalue weighted by Crippen LogP contribution is -2.52. The summed E-state index contributed by atoms with van der Waals surface area (Å²) in [6, 6.07) is 2.37. The number of ether oxygens (including phenoxy) is 1.